The highest BCUT2D eigenvalue weighted by molar-refractivity contribution is 8.10. The van der Waals surface area contributed by atoms with E-state index in [-0.39, 0.29) is 12.8 Å². The maximum absolute atomic E-state index is 10.8. The SMILES string of the molecule is CCCP(O)(=S)N[C@@H](CCC(=O)O)C(=O)O. The minimum absolute atomic E-state index is 0.0899. The fourth-order valence-corrected chi connectivity index (χ4v) is 3.51. The van der Waals surface area contributed by atoms with Crippen LogP contribution >= 0.6 is 6.42 Å². The molecule has 16 heavy (non-hydrogen) atoms. The zero-order valence-electron chi connectivity index (χ0n) is 8.92. The molecule has 6 nitrogen and oxygen atoms in total. The van der Waals surface area contributed by atoms with Crippen molar-refractivity contribution in [1.82, 2.24) is 5.09 Å². The molecule has 0 saturated heterocycles. The summed E-state index contributed by atoms with van der Waals surface area (Å²) in [5.74, 6) is -2.27. The van der Waals surface area contributed by atoms with E-state index < -0.39 is 24.4 Å². The van der Waals surface area contributed by atoms with Crippen molar-refractivity contribution in [2.75, 3.05) is 6.16 Å². The van der Waals surface area contributed by atoms with Crippen LogP contribution in [0.3, 0.4) is 0 Å². The molecule has 0 aliphatic heterocycles. The van der Waals surface area contributed by atoms with Crippen molar-refractivity contribution in [1.29, 1.82) is 0 Å². The van der Waals surface area contributed by atoms with E-state index in [1.165, 1.54) is 0 Å². The Hall–Kier alpha value is -0.490. The van der Waals surface area contributed by atoms with Crippen LogP contribution < -0.4 is 5.09 Å². The van der Waals surface area contributed by atoms with Crippen molar-refractivity contribution in [3.05, 3.63) is 0 Å². The second-order valence-corrected chi connectivity index (χ2v) is 7.30. The maximum atomic E-state index is 10.8. The van der Waals surface area contributed by atoms with E-state index in [4.69, 9.17) is 22.0 Å². The van der Waals surface area contributed by atoms with Crippen molar-refractivity contribution in [3.63, 3.8) is 0 Å². The first-order valence-corrected chi connectivity index (χ1v) is 7.76. The number of hydrogen-bond acceptors (Lipinski definition) is 3. The number of rotatable bonds is 8. The normalized spacial score (nSPS) is 16.4. The van der Waals surface area contributed by atoms with E-state index in [0.29, 0.717) is 12.6 Å². The molecule has 0 saturated carbocycles. The van der Waals surface area contributed by atoms with Gasteiger partial charge in [-0.25, -0.2) is 0 Å². The Morgan fingerprint density at radius 1 is 1.44 bits per heavy atom. The van der Waals surface area contributed by atoms with Crippen LogP contribution in [0.2, 0.25) is 0 Å². The third kappa shape index (κ3) is 6.90. The van der Waals surface area contributed by atoms with Crippen molar-refractivity contribution in [2.24, 2.45) is 0 Å². The van der Waals surface area contributed by atoms with Gasteiger partial charge >= 0.3 is 11.9 Å². The van der Waals surface area contributed by atoms with Gasteiger partial charge in [0.15, 0.2) is 0 Å². The lowest BCUT2D eigenvalue weighted by molar-refractivity contribution is -0.140. The van der Waals surface area contributed by atoms with Gasteiger partial charge in [-0.3, -0.25) is 14.7 Å². The molecule has 0 bridgehead atoms. The monoisotopic (exact) mass is 269 g/mol. The summed E-state index contributed by atoms with van der Waals surface area (Å²) in [6.07, 6.45) is -2.24. The Kier molecular flexibility index (Phi) is 6.74. The van der Waals surface area contributed by atoms with Gasteiger partial charge in [0, 0.05) is 12.6 Å². The Morgan fingerprint density at radius 3 is 2.38 bits per heavy atom. The zero-order chi connectivity index (χ0) is 12.8. The minimum Gasteiger partial charge on any atom is -0.481 e. The predicted octanol–water partition coefficient (Wildman–Crippen LogP) is 0.606. The molecule has 0 amide bonds. The van der Waals surface area contributed by atoms with Gasteiger partial charge in [-0.05, 0) is 12.8 Å². The van der Waals surface area contributed by atoms with Gasteiger partial charge in [0.2, 0.25) is 0 Å². The van der Waals surface area contributed by atoms with Gasteiger partial charge in [0.1, 0.15) is 12.5 Å². The fourth-order valence-electron chi connectivity index (χ4n) is 1.12. The molecular weight excluding hydrogens is 253 g/mol. The van der Waals surface area contributed by atoms with Crippen LogP contribution in [-0.2, 0) is 21.4 Å². The molecular formula is C8H16NO5PS. The molecule has 0 fully saturated rings. The molecule has 0 aliphatic carbocycles. The highest BCUT2D eigenvalue weighted by Crippen LogP contribution is 2.37. The lowest BCUT2D eigenvalue weighted by atomic mass is 10.2. The molecule has 0 spiro atoms. The van der Waals surface area contributed by atoms with Crippen molar-refractivity contribution < 1.29 is 24.7 Å². The Bertz CT molecular complexity index is 309. The van der Waals surface area contributed by atoms with Gasteiger partial charge in [-0.2, -0.15) is 0 Å². The van der Waals surface area contributed by atoms with Gasteiger partial charge in [0.25, 0.3) is 0 Å². The largest absolute Gasteiger partial charge is 0.481 e. The Labute approximate surface area is 98.8 Å². The number of carboxylic acid groups (broad SMARTS) is 2. The smallest absolute Gasteiger partial charge is 0.321 e. The highest BCUT2D eigenvalue weighted by atomic mass is 32.4. The molecule has 0 aromatic heterocycles. The zero-order valence-corrected chi connectivity index (χ0v) is 10.6. The van der Waals surface area contributed by atoms with Crippen LogP contribution in [0.1, 0.15) is 26.2 Å². The molecule has 94 valence electrons. The average Bonchev–Trinajstić information content (AvgIpc) is 2.11. The lowest BCUT2D eigenvalue weighted by Gasteiger charge is -2.21. The number of aliphatic carboxylic acids is 2. The van der Waals surface area contributed by atoms with Gasteiger partial charge in [-0.1, -0.05) is 18.7 Å². The first-order valence-electron chi connectivity index (χ1n) is 4.82. The summed E-state index contributed by atoms with van der Waals surface area (Å²) < 4.78 is 0. The first kappa shape index (κ1) is 15.5. The van der Waals surface area contributed by atoms with Crippen LogP contribution in [0.15, 0.2) is 0 Å². The summed E-state index contributed by atoms with van der Waals surface area (Å²) in [5, 5.41) is 19.7. The standard InChI is InChI=1S/C8H16NO5PS/c1-2-5-15(14,16)9-6(8(12)13)3-4-7(10)11/h6H,2-5H2,1H3,(H,10,11)(H,12,13)(H2,9,14,16)/t6-,15?/m0/s1. The molecule has 0 aliphatic rings. The quantitative estimate of drug-likeness (QED) is 0.478. The molecule has 1 unspecified atom stereocenters. The molecule has 0 rings (SSSR count). The van der Waals surface area contributed by atoms with E-state index in [1.807, 2.05) is 6.92 Å². The molecule has 2 atom stereocenters. The predicted molar refractivity (Wildman–Crippen MR) is 63.1 cm³/mol. The van der Waals surface area contributed by atoms with Crippen LogP contribution in [0.5, 0.6) is 0 Å². The maximum Gasteiger partial charge on any atom is 0.321 e. The van der Waals surface area contributed by atoms with Crippen LogP contribution in [-0.4, -0.2) is 39.2 Å². The molecule has 4 N–H and O–H groups in total. The summed E-state index contributed by atoms with van der Waals surface area (Å²) in [7, 11) is 0. The molecule has 0 heterocycles. The van der Waals surface area contributed by atoms with Crippen LogP contribution in [0.4, 0.5) is 0 Å². The van der Waals surface area contributed by atoms with Crippen LogP contribution in [0.25, 0.3) is 0 Å². The van der Waals surface area contributed by atoms with Gasteiger partial charge in [0.05, 0.1) is 0 Å². The van der Waals surface area contributed by atoms with Gasteiger partial charge < -0.3 is 15.1 Å². The average molecular weight is 269 g/mol. The number of carbonyl (C=O) groups is 2. The third-order valence-electron chi connectivity index (χ3n) is 1.83. The number of nitrogens with one attached hydrogen (secondary N) is 1. The van der Waals surface area contributed by atoms with Crippen molar-refractivity contribution in [3.8, 4) is 0 Å². The second-order valence-electron chi connectivity index (χ2n) is 3.38. The fraction of sp³-hybridized carbons (Fsp3) is 0.750. The Balaban J connectivity index is 4.39. The number of hydrogen-bond donors (Lipinski definition) is 4. The van der Waals surface area contributed by atoms with E-state index >= 15 is 0 Å². The summed E-state index contributed by atoms with van der Waals surface area (Å²) >= 11 is 4.86. The molecule has 8 heteroatoms. The van der Waals surface area contributed by atoms with Crippen LogP contribution in [0, 0.1) is 0 Å². The minimum atomic E-state index is -2.85. The molecule has 0 radical (unpaired) electrons. The molecule has 0 aromatic rings. The first-order chi connectivity index (χ1) is 7.28. The van der Waals surface area contributed by atoms with E-state index in [2.05, 4.69) is 5.09 Å². The summed E-state index contributed by atoms with van der Waals surface area (Å²) in [4.78, 5) is 30.8. The van der Waals surface area contributed by atoms with E-state index in [1.54, 1.807) is 0 Å². The lowest BCUT2D eigenvalue weighted by Crippen LogP contribution is -2.35. The molecule has 0 aromatic carbocycles. The second kappa shape index (κ2) is 6.96. The highest BCUT2D eigenvalue weighted by Gasteiger charge is 2.24. The van der Waals surface area contributed by atoms with E-state index in [9.17, 15) is 14.5 Å². The number of carboxylic acids is 2. The Morgan fingerprint density at radius 2 is 2.00 bits per heavy atom. The summed E-state index contributed by atoms with van der Waals surface area (Å²) in [6, 6.07) is -1.10. The summed E-state index contributed by atoms with van der Waals surface area (Å²) in [6.45, 7) is 1.83. The van der Waals surface area contributed by atoms with Crippen molar-refractivity contribution >= 4 is 30.2 Å². The summed E-state index contributed by atoms with van der Waals surface area (Å²) in [5.41, 5.74) is 0. The van der Waals surface area contributed by atoms with Gasteiger partial charge in [-0.15, -0.1) is 0 Å². The van der Waals surface area contributed by atoms with Crippen molar-refractivity contribution in [2.45, 2.75) is 32.2 Å². The third-order valence-corrected chi connectivity index (χ3v) is 4.46. The van der Waals surface area contributed by atoms with E-state index in [0.717, 1.165) is 0 Å². The topological polar surface area (TPSA) is 107 Å².